The molecule has 5 N–H and O–H groups in total. The third-order valence-corrected chi connectivity index (χ3v) is 4.52. The number of nitrogens with one attached hydrogen (secondary N) is 1. The number of hydrogen-bond donors (Lipinski definition) is 3. The smallest absolute Gasteiger partial charge is 0.330 e. The number of hydrogen-bond acceptors (Lipinski definition) is 8. The molecule has 0 amide bonds. The van der Waals surface area contributed by atoms with Gasteiger partial charge in [-0.1, -0.05) is 11.5 Å². The van der Waals surface area contributed by atoms with Crippen molar-refractivity contribution in [2.24, 2.45) is 16.6 Å². The number of rotatable bonds is 9. The van der Waals surface area contributed by atoms with Crippen LogP contribution in [0.15, 0.2) is 20.9 Å². The Morgan fingerprint density at radius 1 is 1.54 bits per heavy atom. The second-order valence-corrected chi connectivity index (χ2v) is 6.64. The average Bonchev–Trinajstić information content (AvgIpc) is 3.05. The van der Waals surface area contributed by atoms with E-state index in [4.69, 9.17) is 26.5 Å². The van der Waals surface area contributed by atoms with Crippen LogP contribution >= 0.6 is 0 Å². The van der Waals surface area contributed by atoms with Gasteiger partial charge in [0, 0.05) is 23.1 Å². The maximum absolute atomic E-state index is 12.0. The second-order valence-electron chi connectivity index (χ2n) is 6.64. The Labute approximate surface area is 160 Å². The first-order chi connectivity index (χ1) is 13.4. The maximum atomic E-state index is 12.0. The summed E-state index contributed by atoms with van der Waals surface area (Å²) in [7, 11) is 0. The molecule has 2 unspecified atom stereocenters. The highest BCUT2D eigenvalue weighted by Gasteiger charge is 2.37. The van der Waals surface area contributed by atoms with Crippen LogP contribution < -0.4 is 22.7 Å². The lowest BCUT2D eigenvalue weighted by Gasteiger charge is -2.18. The van der Waals surface area contributed by atoms with Crippen LogP contribution in [0.25, 0.3) is 10.4 Å². The number of azide groups is 1. The number of carbonyl (C=O) groups excluding carboxylic acids is 1. The number of esters is 1. The SMILES string of the molecule is Cc1cn([C@H]2CC(N=[N+]=[N-])[C@@H](COC(=O)C(N)CCCCN)O2)c(=O)[nH]c1=O. The number of ether oxygens (including phenoxy) is 2. The summed E-state index contributed by atoms with van der Waals surface area (Å²) in [5.41, 5.74) is 19.2. The van der Waals surface area contributed by atoms with E-state index in [2.05, 4.69) is 15.0 Å². The Balaban J connectivity index is 2.03. The van der Waals surface area contributed by atoms with Gasteiger partial charge in [0.05, 0.1) is 6.04 Å². The van der Waals surface area contributed by atoms with E-state index < -0.39 is 41.6 Å². The zero-order valence-electron chi connectivity index (χ0n) is 15.6. The summed E-state index contributed by atoms with van der Waals surface area (Å²) in [6.07, 6.45) is 2.00. The third kappa shape index (κ3) is 5.42. The highest BCUT2D eigenvalue weighted by atomic mass is 16.6. The molecule has 12 heteroatoms. The number of nitrogens with zero attached hydrogens (tertiary/aromatic N) is 4. The van der Waals surface area contributed by atoms with Crippen molar-refractivity contribution < 1.29 is 14.3 Å². The topological polar surface area (TPSA) is 191 Å². The zero-order valence-corrected chi connectivity index (χ0v) is 15.6. The van der Waals surface area contributed by atoms with Crippen molar-refractivity contribution in [3.05, 3.63) is 43.0 Å². The summed E-state index contributed by atoms with van der Waals surface area (Å²) in [4.78, 5) is 40.6. The molecule has 1 aromatic rings. The van der Waals surface area contributed by atoms with Gasteiger partial charge in [0.2, 0.25) is 0 Å². The van der Waals surface area contributed by atoms with Crippen molar-refractivity contribution in [1.29, 1.82) is 0 Å². The molecule has 1 aliphatic heterocycles. The Kier molecular flexibility index (Phi) is 7.76. The fraction of sp³-hybridized carbons (Fsp3) is 0.688. The molecule has 0 aliphatic carbocycles. The molecule has 0 aromatic carbocycles. The molecule has 0 radical (unpaired) electrons. The van der Waals surface area contributed by atoms with Gasteiger partial charge in [0.1, 0.15) is 25.0 Å². The fourth-order valence-corrected chi connectivity index (χ4v) is 2.92. The number of H-pyrrole nitrogens is 1. The van der Waals surface area contributed by atoms with Crippen molar-refractivity contribution >= 4 is 5.97 Å². The second kappa shape index (κ2) is 10.0. The normalized spacial score (nSPS) is 22.5. The number of unbranched alkanes of at least 4 members (excludes halogenated alkanes) is 1. The van der Waals surface area contributed by atoms with Gasteiger partial charge in [-0.15, -0.1) is 0 Å². The number of aromatic nitrogens is 2. The van der Waals surface area contributed by atoms with Crippen molar-refractivity contribution in [2.75, 3.05) is 13.2 Å². The average molecular weight is 395 g/mol. The fourth-order valence-electron chi connectivity index (χ4n) is 2.92. The monoisotopic (exact) mass is 395 g/mol. The van der Waals surface area contributed by atoms with E-state index in [0.29, 0.717) is 24.9 Å². The molecule has 12 nitrogen and oxygen atoms in total. The van der Waals surface area contributed by atoms with E-state index in [1.165, 1.54) is 10.8 Å². The van der Waals surface area contributed by atoms with Gasteiger partial charge < -0.3 is 20.9 Å². The third-order valence-electron chi connectivity index (χ3n) is 4.52. The lowest BCUT2D eigenvalue weighted by molar-refractivity contribution is -0.150. The van der Waals surface area contributed by atoms with E-state index in [-0.39, 0.29) is 13.0 Å². The lowest BCUT2D eigenvalue weighted by atomic mass is 10.1. The molecule has 2 rings (SSSR count). The first kappa shape index (κ1) is 21.6. The first-order valence-corrected chi connectivity index (χ1v) is 9.01. The van der Waals surface area contributed by atoms with Crippen LogP contribution in [0.1, 0.15) is 37.5 Å². The van der Waals surface area contributed by atoms with Gasteiger partial charge in [-0.2, -0.15) is 0 Å². The van der Waals surface area contributed by atoms with Crippen LogP contribution in [0.2, 0.25) is 0 Å². The van der Waals surface area contributed by atoms with E-state index in [1.54, 1.807) is 6.92 Å². The zero-order chi connectivity index (χ0) is 20.7. The van der Waals surface area contributed by atoms with Crippen LogP contribution in [0.4, 0.5) is 0 Å². The van der Waals surface area contributed by atoms with Gasteiger partial charge >= 0.3 is 11.7 Å². The Morgan fingerprint density at radius 2 is 2.29 bits per heavy atom. The van der Waals surface area contributed by atoms with Crippen molar-refractivity contribution in [2.45, 2.75) is 57.0 Å². The summed E-state index contributed by atoms with van der Waals surface area (Å²) in [6, 6.07) is -1.42. The number of carbonyl (C=O) groups is 1. The maximum Gasteiger partial charge on any atom is 0.330 e. The number of nitrogens with two attached hydrogens (primary N) is 2. The van der Waals surface area contributed by atoms with Gasteiger partial charge in [0.15, 0.2) is 0 Å². The molecular formula is C16H25N7O5. The highest BCUT2D eigenvalue weighted by Crippen LogP contribution is 2.30. The summed E-state index contributed by atoms with van der Waals surface area (Å²) in [6.45, 7) is 1.91. The minimum atomic E-state index is -0.772. The molecule has 4 atom stereocenters. The van der Waals surface area contributed by atoms with Crippen molar-refractivity contribution in [1.82, 2.24) is 9.55 Å². The minimum Gasteiger partial charge on any atom is -0.462 e. The van der Waals surface area contributed by atoms with Crippen molar-refractivity contribution in [3.63, 3.8) is 0 Å². The minimum absolute atomic E-state index is 0.166. The van der Waals surface area contributed by atoms with Crippen LogP contribution in [0, 0.1) is 6.92 Å². The molecule has 0 saturated carbocycles. The first-order valence-electron chi connectivity index (χ1n) is 9.01. The van der Waals surface area contributed by atoms with Gasteiger partial charge in [-0.3, -0.25) is 19.1 Å². The standard InChI is InChI=1S/C16H25N7O5/c1-9-7-23(16(26)20-14(9)24)13-6-11(21-22-19)12(28-13)8-27-15(25)10(18)4-2-3-5-17/h7,10-13H,2-6,8,17-18H2,1H3,(H,20,24,26)/t10?,11?,12-,13-/m1/s1. The summed E-state index contributed by atoms with van der Waals surface area (Å²) >= 11 is 0. The predicted molar refractivity (Wildman–Crippen MR) is 99.4 cm³/mol. The molecular weight excluding hydrogens is 370 g/mol. The number of aromatic amines is 1. The highest BCUT2D eigenvalue weighted by molar-refractivity contribution is 5.75. The predicted octanol–water partition coefficient (Wildman–Crippen LogP) is -0.189. The quantitative estimate of drug-likeness (QED) is 0.169. The van der Waals surface area contributed by atoms with E-state index >= 15 is 0 Å². The van der Waals surface area contributed by atoms with Gasteiger partial charge in [-0.05, 0) is 31.8 Å². The van der Waals surface area contributed by atoms with Crippen LogP contribution in [-0.4, -0.2) is 46.9 Å². The van der Waals surface area contributed by atoms with Crippen LogP contribution in [0.3, 0.4) is 0 Å². The van der Waals surface area contributed by atoms with E-state index in [1.807, 2.05) is 0 Å². The molecule has 0 bridgehead atoms. The molecule has 0 spiro atoms. The summed E-state index contributed by atoms with van der Waals surface area (Å²) in [5.74, 6) is -0.583. The molecule has 1 aliphatic rings. The molecule has 1 saturated heterocycles. The Bertz CT molecular complexity index is 845. The van der Waals surface area contributed by atoms with Gasteiger partial charge in [-0.25, -0.2) is 4.79 Å². The Hall–Kier alpha value is -2.66. The van der Waals surface area contributed by atoms with Crippen LogP contribution in [-0.2, 0) is 14.3 Å². The van der Waals surface area contributed by atoms with E-state index in [9.17, 15) is 14.4 Å². The summed E-state index contributed by atoms with van der Waals surface area (Å²) in [5, 5.41) is 3.67. The lowest BCUT2D eigenvalue weighted by Crippen LogP contribution is -2.36. The summed E-state index contributed by atoms with van der Waals surface area (Å²) < 4.78 is 12.2. The molecule has 1 fully saturated rings. The molecule has 28 heavy (non-hydrogen) atoms. The molecule has 154 valence electrons. The Morgan fingerprint density at radius 3 is 2.96 bits per heavy atom. The van der Waals surface area contributed by atoms with Gasteiger partial charge in [0.25, 0.3) is 5.56 Å². The number of aryl methyl sites for hydroxylation is 1. The van der Waals surface area contributed by atoms with Crippen molar-refractivity contribution in [3.8, 4) is 0 Å². The van der Waals surface area contributed by atoms with E-state index in [0.717, 1.165) is 6.42 Å². The largest absolute Gasteiger partial charge is 0.462 e. The molecule has 2 heterocycles. The molecule has 1 aromatic heterocycles. The van der Waals surface area contributed by atoms with Crippen LogP contribution in [0.5, 0.6) is 0 Å².